The maximum atomic E-state index is 11.6. The number of carboxylic acids is 1. The van der Waals surface area contributed by atoms with E-state index in [4.69, 9.17) is 9.84 Å². The van der Waals surface area contributed by atoms with Crippen molar-refractivity contribution in [2.45, 2.75) is 0 Å². The van der Waals surface area contributed by atoms with Crippen molar-refractivity contribution in [2.24, 2.45) is 0 Å². The number of ether oxygens (including phenoxy) is 1. The summed E-state index contributed by atoms with van der Waals surface area (Å²) in [5, 5.41) is 10.9. The van der Waals surface area contributed by atoms with Crippen LogP contribution in [0.15, 0.2) is 22.9 Å². The third-order valence-electron chi connectivity index (χ3n) is 1.75. The minimum atomic E-state index is -1.03. The zero-order chi connectivity index (χ0) is 12.7. The Bertz CT molecular complexity index is 411. The Morgan fingerprint density at radius 3 is 2.94 bits per heavy atom. The van der Waals surface area contributed by atoms with Gasteiger partial charge in [-0.1, -0.05) is 0 Å². The largest absolute Gasteiger partial charge is 0.480 e. The monoisotopic (exact) mass is 302 g/mol. The van der Waals surface area contributed by atoms with Gasteiger partial charge in [0.05, 0.1) is 6.61 Å². The first-order valence-electron chi connectivity index (χ1n) is 4.79. The maximum Gasteiger partial charge on any atom is 0.329 e. The summed E-state index contributed by atoms with van der Waals surface area (Å²) in [6.07, 6.45) is 1.51. The van der Waals surface area contributed by atoms with E-state index in [1.165, 1.54) is 6.20 Å². The Kier molecular flexibility index (Phi) is 5.58. The third kappa shape index (κ3) is 5.41. The summed E-state index contributed by atoms with van der Waals surface area (Å²) in [4.78, 5) is 25.6. The maximum absolute atomic E-state index is 11.6. The number of rotatable bonds is 6. The van der Waals surface area contributed by atoms with Gasteiger partial charge in [0.1, 0.15) is 11.2 Å². The van der Waals surface area contributed by atoms with Crippen molar-refractivity contribution < 1.29 is 19.4 Å². The summed E-state index contributed by atoms with van der Waals surface area (Å²) in [7, 11) is 0. The van der Waals surface area contributed by atoms with Gasteiger partial charge in [0.25, 0.3) is 5.91 Å². The molecule has 17 heavy (non-hydrogen) atoms. The van der Waals surface area contributed by atoms with E-state index in [1.807, 2.05) is 0 Å². The second-order valence-electron chi connectivity index (χ2n) is 3.07. The minimum absolute atomic E-state index is 0.157. The number of hydrogen-bond acceptors (Lipinski definition) is 4. The minimum Gasteiger partial charge on any atom is -0.480 e. The Morgan fingerprint density at radius 1 is 1.53 bits per heavy atom. The zero-order valence-electron chi connectivity index (χ0n) is 8.85. The topological polar surface area (TPSA) is 88.5 Å². The van der Waals surface area contributed by atoms with E-state index in [2.05, 4.69) is 26.2 Å². The van der Waals surface area contributed by atoms with Gasteiger partial charge in [-0.2, -0.15) is 0 Å². The van der Waals surface area contributed by atoms with Crippen molar-refractivity contribution in [3.8, 4) is 0 Å². The van der Waals surface area contributed by atoms with Crippen LogP contribution in [0.1, 0.15) is 10.4 Å². The number of pyridine rings is 1. The first kappa shape index (κ1) is 13.6. The van der Waals surface area contributed by atoms with E-state index in [9.17, 15) is 9.59 Å². The highest BCUT2D eigenvalue weighted by Gasteiger charge is 2.05. The van der Waals surface area contributed by atoms with Crippen LogP contribution in [0, 0.1) is 0 Å². The molecule has 0 bridgehead atoms. The highest BCUT2D eigenvalue weighted by Crippen LogP contribution is 2.07. The van der Waals surface area contributed by atoms with Crippen molar-refractivity contribution >= 4 is 27.8 Å². The fourth-order valence-corrected chi connectivity index (χ4v) is 1.41. The van der Waals surface area contributed by atoms with Gasteiger partial charge >= 0.3 is 5.97 Å². The fraction of sp³-hybridized carbons (Fsp3) is 0.300. The number of aliphatic carboxylic acids is 1. The van der Waals surface area contributed by atoms with Crippen molar-refractivity contribution in [3.63, 3.8) is 0 Å². The second-order valence-corrected chi connectivity index (χ2v) is 3.88. The number of carboxylic acid groups (broad SMARTS) is 1. The molecule has 0 unspecified atom stereocenters. The predicted molar refractivity (Wildman–Crippen MR) is 62.7 cm³/mol. The van der Waals surface area contributed by atoms with Gasteiger partial charge in [0.15, 0.2) is 0 Å². The van der Waals surface area contributed by atoms with Crippen molar-refractivity contribution in [1.82, 2.24) is 10.3 Å². The van der Waals surface area contributed by atoms with Gasteiger partial charge < -0.3 is 15.2 Å². The molecule has 1 rings (SSSR count). The molecule has 1 amide bonds. The van der Waals surface area contributed by atoms with E-state index in [-0.39, 0.29) is 25.7 Å². The van der Waals surface area contributed by atoms with Crippen LogP contribution in [0.25, 0.3) is 0 Å². The number of carbonyl (C=O) groups is 2. The standard InChI is InChI=1S/C10H11BrN2O4/c11-8-5-7(1-2-12-8)10(16)13-3-4-17-6-9(14)15/h1-2,5H,3-4,6H2,(H,13,16)(H,14,15). The fourth-order valence-electron chi connectivity index (χ4n) is 1.04. The predicted octanol–water partition coefficient (Wildman–Crippen LogP) is 0.675. The van der Waals surface area contributed by atoms with Crippen LogP contribution in [-0.2, 0) is 9.53 Å². The quantitative estimate of drug-likeness (QED) is 0.596. The number of nitrogens with one attached hydrogen (secondary N) is 1. The van der Waals surface area contributed by atoms with Gasteiger partial charge in [-0.3, -0.25) is 4.79 Å². The van der Waals surface area contributed by atoms with Crippen LogP contribution >= 0.6 is 15.9 Å². The van der Waals surface area contributed by atoms with Crippen LogP contribution < -0.4 is 5.32 Å². The average Bonchev–Trinajstić information content (AvgIpc) is 2.28. The molecule has 92 valence electrons. The summed E-state index contributed by atoms with van der Waals surface area (Å²) >= 11 is 3.16. The second kappa shape index (κ2) is 6.97. The smallest absolute Gasteiger partial charge is 0.329 e. The Hall–Kier alpha value is -1.47. The van der Waals surface area contributed by atoms with Gasteiger partial charge in [-0.15, -0.1) is 0 Å². The number of halogens is 1. The lowest BCUT2D eigenvalue weighted by atomic mass is 10.2. The molecule has 0 radical (unpaired) electrons. The van der Waals surface area contributed by atoms with Gasteiger partial charge in [0, 0.05) is 18.3 Å². The van der Waals surface area contributed by atoms with Crippen LogP contribution in [0.2, 0.25) is 0 Å². The van der Waals surface area contributed by atoms with E-state index in [0.717, 1.165) is 0 Å². The normalized spacial score (nSPS) is 9.94. The number of aromatic nitrogens is 1. The van der Waals surface area contributed by atoms with Crippen LogP contribution in [0.4, 0.5) is 0 Å². The average molecular weight is 303 g/mol. The van der Waals surface area contributed by atoms with E-state index < -0.39 is 5.97 Å². The van der Waals surface area contributed by atoms with Crippen molar-refractivity contribution in [3.05, 3.63) is 28.5 Å². The molecule has 0 atom stereocenters. The lowest BCUT2D eigenvalue weighted by Crippen LogP contribution is -2.27. The molecule has 0 saturated heterocycles. The molecule has 0 aliphatic heterocycles. The molecule has 0 fully saturated rings. The highest BCUT2D eigenvalue weighted by molar-refractivity contribution is 9.10. The van der Waals surface area contributed by atoms with Gasteiger partial charge in [-0.25, -0.2) is 9.78 Å². The van der Waals surface area contributed by atoms with Crippen molar-refractivity contribution in [2.75, 3.05) is 19.8 Å². The first-order valence-corrected chi connectivity index (χ1v) is 5.58. The number of hydrogen-bond donors (Lipinski definition) is 2. The molecule has 2 N–H and O–H groups in total. The van der Waals surface area contributed by atoms with E-state index >= 15 is 0 Å². The Balaban J connectivity index is 2.28. The SMILES string of the molecule is O=C(O)COCCNC(=O)c1ccnc(Br)c1. The van der Waals surface area contributed by atoms with Gasteiger partial charge in [-0.05, 0) is 28.1 Å². The summed E-state index contributed by atoms with van der Waals surface area (Å²) < 4.78 is 5.35. The first-order chi connectivity index (χ1) is 8.09. The van der Waals surface area contributed by atoms with E-state index in [0.29, 0.717) is 10.2 Å². The van der Waals surface area contributed by atoms with Crippen LogP contribution in [0.5, 0.6) is 0 Å². The number of nitrogens with zero attached hydrogens (tertiary/aromatic N) is 1. The lowest BCUT2D eigenvalue weighted by Gasteiger charge is -2.05. The van der Waals surface area contributed by atoms with Gasteiger partial charge in [0.2, 0.25) is 0 Å². The van der Waals surface area contributed by atoms with E-state index in [1.54, 1.807) is 12.1 Å². The summed E-state index contributed by atoms with van der Waals surface area (Å²) in [5.74, 6) is -1.29. The molecule has 0 spiro atoms. The molecule has 0 aromatic carbocycles. The molecular weight excluding hydrogens is 292 g/mol. The molecule has 1 aromatic heterocycles. The summed E-state index contributed by atoms with van der Waals surface area (Å²) in [6.45, 7) is 0.0486. The lowest BCUT2D eigenvalue weighted by molar-refractivity contribution is -0.142. The van der Waals surface area contributed by atoms with Crippen molar-refractivity contribution in [1.29, 1.82) is 0 Å². The van der Waals surface area contributed by atoms with Crippen LogP contribution in [0.3, 0.4) is 0 Å². The molecule has 0 aliphatic carbocycles. The molecule has 1 heterocycles. The Morgan fingerprint density at radius 2 is 2.29 bits per heavy atom. The number of carbonyl (C=O) groups excluding carboxylic acids is 1. The molecule has 0 aliphatic rings. The highest BCUT2D eigenvalue weighted by atomic mass is 79.9. The molecule has 6 nitrogen and oxygen atoms in total. The third-order valence-corrected chi connectivity index (χ3v) is 2.18. The summed E-state index contributed by atoms with van der Waals surface area (Å²) in [5.41, 5.74) is 0.477. The van der Waals surface area contributed by atoms with Crippen LogP contribution in [-0.4, -0.2) is 41.7 Å². The number of amides is 1. The molecular formula is C10H11BrN2O4. The Labute approximate surface area is 106 Å². The zero-order valence-corrected chi connectivity index (χ0v) is 10.4. The summed E-state index contributed by atoms with van der Waals surface area (Å²) in [6, 6.07) is 3.17. The molecule has 7 heteroatoms. The molecule has 0 saturated carbocycles. The molecule has 1 aromatic rings.